The number of hydrogen-bond donors (Lipinski definition) is 2. The monoisotopic (exact) mass is 276 g/mol. The fourth-order valence-electron chi connectivity index (χ4n) is 2.93. The maximum absolute atomic E-state index is 12.4. The van der Waals surface area contributed by atoms with Crippen molar-refractivity contribution in [3.63, 3.8) is 0 Å². The van der Waals surface area contributed by atoms with E-state index in [-0.39, 0.29) is 0 Å². The highest BCUT2D eigenvalue weighted by Gasteiger charge is 2.47. The number of fused-ring (bicyclic) bond motifs is 2. The highest BCUT2D eigenvalue weighted by molar-refractivity contribution is 6.09. The maximum Gasteiger partial charge on any atom is 0.265 e. The Kier molecular flexibility index (Phi) is 2.37. The molecule has 2 heterocycles. The van der Waals surface area contributed by atoms with Crippen LogP contribution in [-0.2, 0) is 10.4 Å². The minimum Gasteiger partial charge on any atom is -0.372 e. The molecule has 1 aliphatic heterocycles. The molecule has 0 radical (unpaired) electrons. The van der Waals surface area contributed by atoms with Crippen molar-refractivity contribution in [1.82, 2.24) is 4.98 Å². The zero-order valence-electron chi connectivity index (χ0n) is 11.1. The average molecular weight is 276 g/mol. The molecule has 0 fully saturated rings. The lowest BCUT2D eigenvalue weighted by molar-refractivity contribution is -0.129. The van der Waals surface area contributed by atoms with Crippen molar-refractivity contribution in [2.24, 2.45) is 0 Å². The standard InChI is InChI=1S/C17H12N2O2/c20-16-17(21,13-6-1-2-8-15(13)19-16)12-7-3-9-14-11(12)5-4-10-18-14/h1-10,21H,(H,19,20). The molecule has 0 spiro atoms. The summed E-state index contributed by atoms with van der Waals surface area (Å²) < 4.78 is 0. The van der Waals surface area contributed by atoms with E-state index >= 15 is 0 Å². The molecule has 0 bridgehead atoms. The van der Waals surface area contributed by atoms with Gasteiger partial charge in [-0.2, -0.15) is 0 Å². The molecular weight excluding hydrogens is 264 g/mol. The number of rotatable bonds is 1. The van der Waals surface area contributed by atoms with E-state index in [0.29, 0.717) is 16.8 Å². The van der Waals surface area contributed by atoms with Crippen LogP contribution < -0.4 is 5.32 Å². The Balaban J connectivity index is 2.06. The summed E-state index contributed by atoms with van der Waals surface area (Å²) in [5, 5.41) is 14.7. The van der Waals surface area contributed by atoms with Gasteiger partial charge >= 0.3 is 0 Å². The summed E-state index contributed by atoms with van der Waals surface area (Å²) in [6, 6.07) is 16.3. The first-order chi connectivity index (χ1) is 10.2. The van der Waals surface area contributed by atoms with Crippen LogP contribution >= 0.6 is 0 Å². The largest absolute Gasteiger partial charge is 0.372 e. The van der Waals surface area contributed by atoms with Gasteiger partial charge in [-0.05, 0) is 18.2 Å². The lowest BCUT2D eigenvalue weighted by Crippen LogP contribution is -2.35. The molecule has 1 amide bonds. The topological polar surface area (TPSA) is 62.2 Å². The molecule has 1 aromatic heterocycles. The molecule has 0 saturated carbocycles. The summed E-state index contributed by atoms with van der Waals surface area (Å²) in [5.74, 6) is -0.431. The number of nitrogens with zero attached hydrogens (tertiary/aromatic N) is 1. The Morgan fingerprint density at radius 3 is 2.67 bits per heavy atom. The van der Waals surface area contributed by atoms with Crippen LogP contribution in [-0.4, -0.2) is 16.0 Å². The summed E-state index contributed by atoms with van der Waals surface area (Å²) in [4.78, 5) is 16.7. The van der Waals surface area contributed by atoms with Crippen molar-refractivity contribution in [2.75, 3.05) is 5.32 Å². The number of carbonyl (C=O) groups is 1. The lowest BCUT2D eigenvalue weighted by atomic mass is 9.85. The van der Waals surface area contributed by atoms with Gasteiger partial charge in [-0.15, -0.1) is 0 Å². The second kappa shape index (κ2) is 4.14. The first-order valence-electron chi connectivity index (χ1n) is 6.69. The zero-order chi connectivity index (χ0) is 14.4. The zero-order valence-corrected chi connectivity index (χ0v) is 11.1. The molecule has 1 atom stereocenters. The van der Waals surface area contributed by atoms with E-state index in [2.05, 4.69) is 10.3 Å². The van der Waals surface area contributed by atoms with Crippen molar-refractivity contribution < 1.29 is 9.90 Å². The molecule has 2 aromatic carbocycles. The van der Waals surface area contributed by atoms with E-state index < -0.39 is 11.5 Å². The van der Waals surface area contributed by atoms with Crippen LogP contribution in [0.2, 0.25) is 0 Å². The van der Waals surface area contributed by atoms with Gasteiger partial charge in [-0.1, -0.05) is 36.4 Å². The van der Waals surface area contributed by atoms with Crippen LogP contribution in [0, 0.1) is 0 Å². The molecule has 21 heavy (non-hydrogen) atoms. The molecule has 4 nitrogen and oxygen atoms in total. The van der Waals surface area contributed by atoms with Crippen molar-refractivity contribution >= 4 is 22.5 Å². The summed E-state index contributed by atoms with van der Waals surface area (Å²) >= 11 is 0. The van der Waals surface area contributed by atoms with Gasteiger partial charge in [0.2, 0.25) is 0 Å². The van der Waals surface area contributed by atoms with Gasteiger partial charge in [0.05, 0.1) is 5.52 Å². The number of anilines is 1. The quantitative estimate of drug-likeness (QED) is 0.717. The van der Waals surface area contributed by atoms with Gasteiger partial charge in [-0.3, -0.25) is 9.78 Å². The molecule has 4 rings (SSSR count). The van der Waals surface area contributed by atoms with Crippen LogP contribution in [0.3, 0.4) is 0 Å². The van der Waals surface area contributed by atoms with E-state index in [1.165, 1.54) is 0 Å². The van der Waals surface area contributed by atoms with E-state index in [0.717, 1.165) is 10.9 Å². The third-order valence-electron chi connectivity index (χ3n) is 3.93. The molecular formula is C17H12N2O2. The molecule has 4 heteroatoms. The van der Waals surface area contributed by atoms with Gasteiger partial charge in [-0.25, -0.2) is 0 Å². The van der Waals surface area contributed by atoms with E-state index in [4.69, 9.17) is 0 Å². The molecule has 0 aliphatic carbocycles. The normalized spacial score (nSPS) is 20.3. The fourth-order valence-corrected chi connectivity index (χ4v) is 2.93. The predicted molar refractivity (Wildman–Crippen MR) is 79.8 cm³/mol. The minimum absolute atomic E-state index is 0.431. The van der Waals surface area contributed by atoms with Crippen LogP contribution in [0.4, 0.5) is 5.69 Å². The van der Waals surface area contributed by atoms with Gasteiger partial charge in [0.25, 0.3) is 5.91 Å². The number of aromatic nitrogens is 1. The van der Waals surface area contributed by atoms with Crippen molar-refractivity contribution in [3.8, 4) is 0 Å². The minimum atomic E-state index is -1.68. The van der Waals surface area contributed by atoms with Gasteiger partial charge < -0.3 is 10.4 Å². The predicted octanol–water partition coefficient (Wildman–Crippen LogP) is 2.42. The number of aliphatic hydroxyl groups is 1. The number of carbonyl (C=O) groups excluding carboxylic acids is 1. The highest BCUT2D eigenvalue weighted by Crippen LogP contribution is 2.42. The first-order valence-corrected chi connectivity index (χ1v) is 6.69. The highest BCUT2D eigenvalue weighted by atomic mass is 16.3. The number of nitrogens with one attached hydrogen (secondary N) is 1. The smallest absolute Gasteiger partial charge is 0.265 e. The molecule has 2 N–H and O–H groups in total. The van der Waals surface area contributed by atoms with Crippen LogP contribution in [0.5, 0.6) is 0 Å². The van der Waals surface area contributed by atoms with Gasteiger partial charge in [0.15, 0.2) is 5.60 Å². The number of amides is 1. The van der Waals surface area contributed by atoms with Crippen molar-refractivity contribution in [2.45, 2.75) is 5.60 Å². The number of hydrogen-bond acceptors (Lipinski definition) is 3. The third kappa shape index (κ3) is 1.53. The van der Waals surface area contributed by atoms with E-state index in [1.807, 2.05) is 24.3 Å². The lowest BCUT2D eigenvalue weighted by Gasteiger charge is -2.22. The third-order valence-corrected chi connectivity index (χ3v) is 3.93. The summed E-state index contributed by atoms with van der Waals surface area (Å²) in [7, 11) is 0. The Morgan fingerprint density at radius 1 is 0.952 bits per heavy atom. The molecule has 3 aromatic rings. The Morgan fingerprint density at radius 2 is 1.76 bits per heavy atom. The Hall–Kier alpha value is -2.72. The van der Waals surface area contributed by atoms with Crippen molar-refractivity contribution in [3.05, 3.63) is 71.9 Å². The SMILES string of the molecule is O=C1Nc2ccccc2C1(O)c1cccc2ncccc12. The summed E-state index contributed by atoms with van der Waals surface area (Å²) in [6.45, 7) is 0. The second-order valence-corrected chi connectivity index (χ2v) is 5.09. The number of para-hydroxylation sites is 1. The van der Waals surface area contributed by atoms with Gasteiger partial charge in [0, 0.05) is 28.4 Å². The van der Waals surface area contributed by atoms with E-state index in [9.17, 15) is 9.90 Å². The summed E-state index contributed by atoms with van der Waals surface area (Å²) in [5.41, 5.74) is 0.840. The molecule has 1 aliphatic rings. The molecule has 1 unspecified atom stereocenters. The van der Waals surface area contributed by atoms with Crippen LogP contribution in [0.25, 0.3) is 10.9 Å². The average Bonchev–Trinajstić information content (AvgIpc) is 2.79. The Bertz CT molecular complexity index is 870. The maximum atomic E-state index is 12.4. The second-order valence-electron chi connectivity index (χ2n) is 5.09. The molecule has 102 valence electrons. The van der Waals surface area contributed by atoms with Crippen LogP contribution in [0.1, 0.15) is 11.1 Å². The van der Waals surface area contributed by atoms with Crippen molar-refractivity contribution in [1.29, 1.82) is 0 Å². The number of pyridine rings is 1. The summed E-state index contributed by atoms with van der Waals surface area (Å²) in [6.07, 6.45) is 1.69. The number of benzene rings is 2. The fraction of sp³-hybridized carbons (Fsp3) is 0.0588. The Labute approximate surface area is 121 Å². The van der Waals surface area contributed by atoms with E-state index in [1.54, 1.807) is 36.5 Å². The van der Waals surface area contributed by atoms with Gasteiger partial charge in [0.1, 0.15) is 0 Å². The molecule has 0 saturated heterocycles. The van der Waals surface area contributed by atoms with Crippen LogP contribution in [0.15, 0.2) is 60.8 Å². The first kappa shape index (κ1) is 12.1.